The number of aromatic hydroxyl groups is 1. The zero-order valence-corrected chi connectivity index (χ0v) is 14.1. The number of phenolic OH excluding ortho intramolecular Hbond substituents is 1. The zero-order chi connectivity index (χ0) is 17.8. The summed E-state index contributed by atoms with van der Waals surface area (Å²) in [6, 6.07) is 5.89. The van der Waals surface area contributed by atoms with Gasteiger partial charge in [0.2, 0.25) is 0 Å². The predicted octanol–water partition coefficient (Wildman–Crippen LogP) is 2.78. The molecule has 0 saturated heterocycles. The Labute approximate surface area is 140 Å². The smallest absolute Gasteiger partial charge is 0.310 e. The van der Waals surface area contributed by atoms with Crippen molar-refractivity contribution in [3.63, 3.8) is 0 Å². The first-order valence-electron chi connectivity index (χ1n) is 8.04. The molecule has 0 heterocycles. The molecule has 1 aromatic carbocycles. The zero-order valence-electron chi connectivity index (χ0n) is 14.1. The number of amides is 1. The normalized spacial score (nSPS) is 32.0. The van der Waals surface area contributed by atoms with Gasteiger partial charge in [-0.25, -0.2) is 5.43 Å². The third kappa shape index (κ3) is 1.98. The Balaban J connectivity index is 1.86. The van der Waals surface area contributed by atoms with E-state index in [9.17, 15) is 19.8 Å². The maximum absolute atomic E-state index is 12.2. The number of hydrogen-bond acceptors (Lipinski definition) is 4. The summed E-state index contributed by atoms with van der Waals surface area (Å²) in [6.07, 6.45) is 1.75. The second-order valence-electron chi connectivity index (χ2n) is 7.57. The highest BCUT2D eigenvalue weighted by Crippen LogP contribution is 2.70. The van der Waals surface area contributed by atoms with Crippen molar-refractivity contribution < 1.29 is 19.8 Å². The number of nitrogens with zero attached hydrogens (tertiary/aromatic N) is 1. The van der Waals surface area contributed by atoms with Crippen LogP contribution in [-0.2, 0) is 4.79 Å². The van der Waals surface area contributed by atoms with Crippen LogP contribution in [0.15, 0.2) is 29.4 Å². The Morgan fingerprint density at radius 3 is 2.29 bits per heavy atom. The first-order valence-corrected chi connectivity index (χ1v) is 8.04. The van der Waals surface area contributed by atoms with E-state index in [1.165, 1.54) is 24.3 Å². The van der Waals surface area contributed by atoms with Crippen LogP contribution in [0.1, 0.15) is 50.4 Å². The number of hydrogen-bond donors (Lipinski definition) is 3. The van der Waals surface area contributed by atoms with E-state index >= 15 is 0 Å². The quantitative estimate of drug-likeness (QED) is 0.742. The molecule has 0 aliphatic heterocycles. The molecule has 0 aromatic heterocycles. The number of carbonyl (C=O) groups is 2. The minimum Gasteiger partial charge on any atom is -0.508 e. The lowest BCUT2D eigenvalue weighted by molar-refractivity contribution is -0.154. The summed E-state index contributed by atoms with van der Waals surface area (Å²) in [5.74, 6) is -1.08. The molecule has 1 aromatic rings. The number of fused-ring (bicyclic) bond motifs is 2. The first kappa shape index (κ1) is 16.5. The van der Waals surface area contributed by atoms with Crippen LogP contribution in [0.4, 0.5) is 0 Å². The minimum absolute atomic E-state index is 0.0867. The van der Waals surface area contributed by atoms with Crippen LogP contribution in [0, 0.1) is 16.2 Å². The molecule has 2 unspecified atom stereocenters. The van der Waals surface area contributed by atoms with E-state index in [1.807, 2.05) is 20.8 Å². The van der Waals surface area contributed by atoms with E-state index < -0.39 is 16.8 Å². The maximum atomic E-state index is 12.2. The summed E-state index contributed by atoms with van der Waals surface area (Å²) in [5.41, 5.74) is 2.09. The molecule has 2 saturated carbocycles. The lowest BCUT2D eigenvalue weighted by Gasteiger charge is -2.37. The number of hydrazone groups is 1. The van der Waals surface area contributed by atoms with E-state index in [2.05, 4.69) is 10.5 Å². The molecule has 6 heteroatoms. The Bertz CT molecular complexity index is 738. The average molecular weight is 330 g/mol. The number of aliphatic carboxylic acids is 1. The van der Waals surface area contributed by atoms with E-state index in [-0.39, 0.29) is 17.1 Å². The second kappa shape index (κ2) is 5.06. The largest absolute Gasteiger partial charge is 0.508 e. The highest BCUT2D eigenvalue weighted by molar-refractivity contribution is 6.02. The van der Waals surface area contributed by atoms with Crippen LogP contribution >= 0.6 is 0 Å². The van der Waals surface area contributed by atoms with Crippen molar-refractivity contribution in [3.05, 3.63) is 29.8 Å². The van der Waals surface area contributed by atoms with E-state index in [1.54, 1.807) is 0 Å². The van der Waals surface area contributed by atoms with E-state index in [0.717, 1.165) is 12.1 Å². The highest BCUT2D eigenvalue weighted by atomic mass is 16.4. The van der Waals surface area contributed by atoms with Gasteiger partial charge in [0, 0.05) is 23.1 Å². The maximum Gasteiger partial charge on any atom is 0.310 e. The molecule has 2 fully saturated rings. The topological polar surface area (TPSA) is 99.0 Å². The number of phenols is 1. The molecule has 2 aliphatic rings. The van der Waals surface area contributed by atoms with Gasteiger partial charge in [0.15, 0.2) is 0 Å². The molecule has 6 nitrogen and oxygen atoms in total. The molecule has 2 aliphatic carbocycles. The third-order valence-corrected chi connectivity index (χ3v) is 6.57. The van der Waals surface area contributed by atoms with E-state index in [4.69, 9.17) is 0 Å². The fourth-order valence-corrected chi connectivity index (χ4v) is 4.32. The Hall–Kier alpha value is -2.37. The standard InChI is InChI=1S/C18H22N2O4/c1-16(2)17(3)8-9-18(16,15(23)24)10-13(17)19-20-14(22)11-4-6-12(21)7-5-11/h4-7,21H,8-10H2,1-3H3,(H,20,22)(H,23,24). The summed E-state index contributed by atoms with van der Waals surface area (Å²) < 4.78 is 0. The van der Waals surface area contributed by atoms with Crippen LogP contribution in [-0.4, -0.2) is 27.8 Å². The van der Waals surface area contributed by atoms with Gasteiger partial charge in [-0.2, -0.15) is 5.10 Å². The summed E-state index contributed by atoms with van der Waals surface area (Å²) >= 11 is 0. The van der Waals surface area contributed by atoms with Gasteiger partial charge in [0.1, 0.15) is 5.75 Å². The van der Waals surface area contributed by atoms with Gasteiger partial charge in [0.25, 0.3) is 5.91 Å². The van der Waals surface area contributed by atoms with Gasteiger partial charge in [-0.3, -0.25) is 9.59 Å². The molecule has 2 bridgehead atoms. The van der Waals surface area contributed by atoms with E-state index in [0.29, 0.717) is 18.4 Å². The first-order chi connectivity index (χ1) is 11.1. The molecular formula is C18H22N2O4. The van der Waals surface area contributed by atoms with Gasteiger partial charge in [-0.1, -0.05) is 20.8 Å². The molecule has 3 rings (SSSR count). The van der Waals surface area contributed by atoms with Crippen LogP contribution in [0.25, 0.3) is 0 Å². The van der Waals surface area contributed by atoms with Gasteiger partial charge < -0.3 is 10.2 Å². The van der Waals surface area contributed by atoms with Crippen molar-refractivity contribution in [3.8, 4) is 5.75 Å². The number of nitrogens with one attached hydrogen (secondary N) is 1. The fourth-order valence-electron chi connectivity index (χ4n) is 4.32. The lowest BCUT2D eigenvalue weighted by Crippen LogP contribution is -2.40. The third-order valence-electron chi connectivity index (χ3n) is 6.57. The number of benzene rings is 1. The summed E-state index contributed by atoms with van der Waals surface area (Å²) in [7, 11) is 0. The fraction of sp³-hybridized carbons (Fsp3) is 0.500. The van der Waals surface area contributed by atoms with Gasteiger partial charge >= 0.3 is 5.97 Å². The molecule has 24 heavy (non-hydrogen) atoms. The van der Waals surface area contributed by atoms with Gasteiger partial charge in [-0.05, 0) is 42.5 Å². The summed E-state index contributed by atoms with van der Waals surface area (Å²) in [4.78, 5) is 24.1. The summed E-state index contributed by atoms with van der Waals surface area (Å²) in [5, 5.41) is 23.3. The molecule has 1 amide bonds. The minimum atomic E-state index is -0.816. The second-order valence-corrected chi connectivity index (χ2v) is 7.57. The molecule has 128 valence electrons. The molecular weight excluding hydrogens is 308 g/mol. The molecule has 0 radical (unpaired) electrons. The van der Waals surface area contributed by atoms with Crippen molar-refractivity contribution in [2.75, 3.05) is 0 Å². The number of carboxylic acid groups (broad SMARTS) is 1. The van der Waals surface area contributed by atoms with Crippen LogP contribution < -0.4 is 5.43 Å². The van der Waals surface area contributed by atoms with Gasteiger partial charge in [-0.15, -0.1) is 0 Å². The highest BCUT2D eigenvalue weighted by Gasteiger charge is 2.71. The average Bonchev–Trinajstić information content (AvgIpc) is 2.83. The van der Waals surface area contributed by atoms with Crippen LogP contribution in [0.2, 0.25) is 0 Å². The van der Waals surface area contributed by atoms with Crippen molar-refractivity contribution in [2.24, 2.45) is 21.3 Å². The van der Waals surface area contributed by atoms with Crippen molar-refractivity contribution in [1.29, 1.82) is 0 Å². The predicted molar refractivity (Wildman–Crippen MR) is 88.8 cm³/mol. The molecule has 3 N–H and O–H groups in total. The number of carbonyl (C=O) groups excluding carboxylic acids is 1. The van der Waals surface area contributed by atoms with Crippen LogP contribution in [0.3, 0.4) is 0 Å². The molecule has 2 atom stereocenters. The van der Waals surface area contributed by atoms with Crippen LogP contribution in [0.5, 0.6) is 5.75 Å². The SMILES string of the molecule is CC12CCC(C(=O)O)(CC1=NNC(=O)c1ccc(O)cc1)C2(C)C. The number of carboxylic acids is 1. The van der Waals surface area contributed by atoms with Crippen molar-refractivity contribution in [2.45, 2.75) is 40.0 Å². The van der Waals surface area contributed by atoms with Crippen molar-refractivity contribution >= 4 is 17.6 Å². The Morgan fingerprint density at radius 1 is 1.12 bits per heavy atom. The molecule has 0 spiro atoms. The van der Waals surface area contributed by atoms with Crippen molar-refractivity contribution in [1.82, 2.24) is 5.43 Å². The Morgan fingerprint density at radius 2 is 1.75 bits per heavy atom. The lowest BCUT2D eigenvalue weighted by atomic mass is 9.65. The van der Waals surface area contributed by atoms with Gasteiger partial charge in [0.05, 0.1) is 5.41 Å². The number of rotatable bonds is 3. The summed E-state index contributed by atoms with van der Waals surface area (Å²) in [6.45, 7) is 6.01. The monoisotopic (exact) mass is 330 g/mol. The Kier molecular flexibility index (Phi) is 3.48.